The first kappa shape index (κ1) is 11.6. The van der Waals surface area contributed by atoms with E-state index in [0.29, 0.717) is 6.07 Å². The average molecular weight is 258 g/mol. The summed E-state index contributed by atoms with van der Waals surface area (Å²) in [4.78, 5) is 11.5. The summed E-state index contributed by atoms with van der Waals surface area (Å²) in [6, 6.07) is 5.44. The molecule has 0 aliphatic carbocycles. The van der Waals surface area contributed by atoms with Crippen molar-refractivity contribution in [2.75, 3.05) is 5.32 Å². The third-order valence-electron chi connectivity index (χ3n) is 1.92. The molecule has 3 nitrogen and oxygen atoms in total. The Hall–Kier alpha value is -1.88. The highest BCUT2D eigenvalue weighted by atomic mass is 35.5. The number of furan rings is 1. The Labute approximate surface area is 100.0 Å². The molecule has 1 heterocycles. The highest BCUT2D eigenvalue weighted by molar-refractivity contribution is 6.29. The van der Waals surface area contributed by atoms with Gasteiger partial charge in [-0.25, -0.2) is 8.78 Å². The fourth-order valence-electron chi connectivity index (χ4n) is 1.26. The molecule has 88 valence electrons. The molecule has 0 aliphatic rings. The Kier molecular flexibility index (Phi) is 3.10. The first-order chi connectivity index (χ1) is 8.04. The van der Waals surface area contributed by atoms with Gasteiger partial charge in [-0.05, 0) is 35.9 Å². The minimum atomic E-state index is -0.780. The fraction of sp³-hybridized carbons (Fsp3) is 0. The molecule has 0 bridgehead atoms. The molecule has 17 heavy (non-hydrogen) atoms. The van der Waals surface area contributed by atoms with Gasteiger partial charge in [0.15, 0.2) is 11.0 Å². The smallest absolute Gasteiger partial charge is 0.291 e. The van der Waals surface area contributed by atoms with Crippen molar-refractivity contribution in [1.29, 1.82) is 0 Å². The molecule has 0 spiro atoms. The van der Waals surface area contributed by atoms with Crippen LogP contribution in [0.5, 0.6) is 0 Å². The average Bonchev–Trinajstić information content (AvgIpc) is 2.63. The van der Waals surface area contributed by atoms with Crippen molar-refractivity contribution >= 4 is 23.2 Å². The van der Waals surface area contributed by atoms with Crippen LogP contribution in [0.1, 0.15) is 10.6 Å². The SMILES string of the molecule is O=C(Nc1cc(F)cc(F)c1)c1ccc(Cl)o1. The lowest BCUT2D eigenvalue weighted by atomic mass is 10.3. The highest BCUT2D eigenvalue weighted by Crippen LogP contribution is 2.17. The van der Waals surface area contributed by atoms with E-state index in [9.17, 15) is 13.6 Å². The summed E-state index contributed by atoms with van der Waals surface area (Å²) in [6.07, 6.45) is 0. The summed E-state index contributed by atoms with van der Waals surface area (Å²) < 4.78 is 30.5. The number of nitrogens with one attached hydrogen (secondary N) is 1. The topological polar surface area (TPSA) is 42.2 Å². The quantitative estimate of drug-likeness (QED) is 0.895. The van der Waals surface area contributed by atoms with Crippen molar-refractivity contribution in [3.63, 3.8) is 0 Å². The second kappa shape index (κ2) is 4.55. The van der Waals surface area contributed by atoms with E-state index in [1.807, 2.05) is 0 Å². The predicted octanol–water partition coefficient (Wildman–Crippen LogP) is 3.46. The van der Waals surface area contributed by atoms with E-state index in [4.69, 9.17) is 16.0 Å². The Balaban J connectivity index is 2.18. The zero-order valence-corrected chi connectivity index (χ0v) is 9.09. The Morgan fingerprint density at radius 2 is 1.82 bits per heavy atom. The minimum Gasteiger partial charge on any atom is -0.440 e. The van der Waals surface area contributed by atoms with E-state index >= 15 is 0 Å². The maximum absolute atomic E-state index is 12.8. The molecule has 0 saturated carbocycles. The van der Waals surface area contributed by atoms with Crippen molar-refractivity contribution < 1.29 is 18.0 Å². The molecule has 0 saturated heterocycles. The largest absolute Gasteiger partial charge is 0.440 e. The molecule has 1 N–H and O–H groups in total. The normalized spacial score (nSPS) is 10.3. The van der Waals surface area contributed by atoms with Crippen LogP contribution in [0, 0.1) is 11.6 Å². The number of rotatable bonds is 2. The standard InChI is InChI=1S/C11H6ClF2NO2/c12-10-2-1-9(17-10)11(16)15-8-4-6(13)3-7(14)5-8/h1-5H,(H,15,16). The molecule has 1 amide bonds. The molecule has 1 aromatic carbocycles. The lowest BCUT2D eigenvalue weighted by molar-refractivity contribution is 0.0997. The van der Waals surface area contributed by atoms with Crippen molar-refractivity contribution in [1.82, 2.24) is 0 Å². The molecule has 2 rings (SSSR count). The zero-order chi connectivity index (χ0) is 12.4. The monoisotopic (exact) mass is 257 g/mol. The second-order valence-corrected chi connectivity index (χ2v) is 3.59. The van der Waals surface area contributed by atoms with E-state index in [0.717, 1.165) is 12.1 Å². The first-order valence-electron chi connectivity index (χ1n) is 4.57. The van der Waals surface area contributed by atoms with Gasteiger partial charge in [0.05, 0.1) is 0 Å². The van der Waals surface area contributed by atoms with Gasteiger partial charge in [-0.15, -0.1) is 0 Å². The lowest BCUT2D eigenvalue weighted by Gasteiger charge is -2.03. The zero-order valence-electron chi connectivity index (χ0n) is 8.34. The van der Waals surface area contributed by atoms with Gasteiger partial charge in [-0.3, -0.25) is 4.79 Å². The number of hydrogen-bond donors (Lipinski definition) is 1. The van der Waals surface area contributed by atoms with Gasteiger partial charge < -0.3 is 9.73 Å². The van der Waals surface area contributed by atoms with E-state index < -0.39 is 17.5 Å². The number of anilines is 1. The molecule has 2 aromatic rings. The summed E-state index contributed by atoms with van der Waals surface area (Å²) in [5.41, 5.74) is 0.0000208. The number of benzene rings is 1. The molecular formula is C11H6ClF2NO2. The van der Waals surface area contributed by atoms with E-state index in [1.54, 1.807) is 0 Å². The summed E-state index contributed by atoms with van der Waals surface area (Å²) in [5, 5.41) is 2.34. The van der Waals surface area contributed by atoms with E-state index in [2.05, 4.69) is 5.32 Å². The molecule has 1 aromatic heterocycles. The first-order valence-corrected chi connectivity index (χ1v) is 4.95. The van der Waals surface area contributed by atoms with E-state index in [-0.39, 0.29) is 16.7 Å². The molecule has 6 heteroatoms. The Bertz CT molecular complexity index is 548. The molecule has 0 radical (unpaired) electrons. The number of amides is 1. The molecule has 0 aliphatic heterocycles. The second-order valence-electron chi connectivity index (χ2n) is 3.22. The van der Waals surface area contributed by atoms with Crippen LogP contribution in [0.15, 0.2) is 34.7 Å². The number of halogens is 3. The summed E-state index contributed by atoms with van der Waals surface area (Å²) in [6.45, 7) is 0. The summed E-state index contributed by atoms with van der Waals surface area (Å²) in [5.74, 6) is -2.24. The highest BCUT2D eigenvalue weighted by Gasteiger charge is 2.11. The van der Waals surface area contributed by atoms with Crippen LogP contribution >= 0.6 is 11.6 Å². The lowest BCUT2D eigenvalue weighted by Crippen LogP contribution is -2.11. The van der Waals surface area contributed by atoms with Crippen LogP contribution in [-0.2, 0) is 0 Å². The van der Waals surface area contributed by atoms with Crippen molar-refractivity contribution in [2.45, 2.75) is 0 Å². The van der Waals surface area contributed by atoms with Crippen molar-refractivity contribution in [3.8, 4) is 0 Å². The number of carbonyl (C=O) groups is 1. The molecule has 0 fully saturated rings. The maximum Gasteiger partial charge on any atom is 0.291 e. The van der Waals surface area contributed by atoms with Gasteiger partial charge in [-0.2, -0.15) is 0 Å². The maximum atomic E-state index is 12.8. The van der Waals surface area contributed by atoms with Gasteiger partial charge in [0, 0.05) is 11.8 Å². The van der Waals surface area contributed by atoms with Crippen LogP contribution in [-0.4, -0.2) is 5.91 Å². The number of hydrogen-bond acceptors (Lipinski definition) is 2. The van der Waals surface area contributed by atoms with Gasteiger partial charge >= 0.3 is 0 Å². The third-order valence-corrected chi connectivity index (χ3v) is 2.12. The molecular weight excluding hydrogens is 252 g/mol. The van der Waals surface area contributed by atoms with Crippen LogP contribution < -0.4 is 5.32 Å². The Morgan fingerprint density at radius 3 is 2.35 bits per heavy atom. The molecule has 0 atom stereocenters. The van der Waals surface area contributed by atoms with Gasteiger partial charge in [-0.1, -0.05) is 0 Å². The van der Waals surface area contributed by atoms with Crippen LogP contribution in [0.4, 0.5) is 14.5 Å². The number of carbonyl (C=O) groups excluding carboxylic acids is 1. The van der Waals surface area contributed by atoms with Crippen LogP contribution in [0.25, 0.3) is 0 Å². The predicted molar refractivity (Wildman–Crippen MR) is 58.0 cm³/mol. The Morgan fingerprint density at radius 1 is 1.18 bits per heavy atom. The third kappa shape index (κ3) is 2.82. The summed E-state index contributed by atoms with van der Waals surface area (Å²) >= 11 is 5.49. The fourth-order valence-corrected chi connectivity index (χ4v) is 1.40. The van der Waals surface area contributed by atoms with Crippen LogP contribution in [0.2, 0.25) is 5.22 Å². The van der Waals surface area contributed by atoms with Crippen molar-refractivity contribution in [2.24, 2.45) is 0 Å². The van der Waals surface area contributed by atoms with Crippen molar-refractivity contribution in [3.05, 3.63) is 52.9 Å². The molecule has 0 unspecified atom stereocenters. The van der Waals surface area contributed by atoms with Gasteiger partial charge in [0.25, 0.3) is 5.91 Å². The van der Waals surface area contributed by atoms with Gasteiger partial charge in [0.1, 0.15) is 11.6 Å². The van der Waals surface area contributed by atoms with E-state index in [1.165, 1.54) is 12.1 Å². The van der Waals surface area contributed by atoms with Crippen LogP contribution in [0.3, 0.4) is 0 Å². The minimum absolute atomic E-state index is 0.0000208. The van der Waals surface area contributed by atoms with Gasteiger partial charge in [0.2, 0.25) is 0 Å². The summed E-state index contributed by atoms with van der Waals surface area (Å²) in [7, 11) is 0.